The van der Waals surface area contributed by atoms with Crippen LogP contribution in [0, 0.1) is 0 Å². The molecule has 4 aromatic rings. The summed E-state index contributed by atoms with van der Waals surface area (Å²) in [5.74, 6) is -0.987. The molecule has 1 saturated heterocycles. The van der Waals surface area contributed by atoms with E-state index >= 15 is 0 Å². The van der Waals surface area contributed by atoms with Crippen LogP contribution in [0.25, 0.3) is 21.9 Å². The minimum absolute atomic E-state index is 0.0706. The highest BCUT2D eigenvalue weighted by atomic mass is 31.1. The largest absolute Gasteiger partial charge is 0.575 e. The molecule has 41 heavy (non-hydrogen) atoms. The zero-order valence-electron chi connectivity index (χ0n) is 22.1. The summed E-state index contributed by atoms with van der Waals surface area (Å²) in [5, 5.41) is 32.6. The molecule has 0 spiro atoms. The molecule has 1 fully saturated rings. The first kappa shape index (κ1) is 28.4. The molecule has 2 aromatic heterocycles. The van der Waals surface area contributed by atoms with E-state index in [1.807, 2.05) is 12.1 Å². The maximum atomic E-state index is 12.6. The number of aliphatic hydroxyl groups excluding tert-OH is 1. The third-order valence-electron chi connectivity index (χ3n) is 6.65. The minimum atomic E-state index is -2.77. The Labute approximate surface area is 233 Å². The standard InChI is InChI=1S/C25H27N6O9P/c1-12(22(33)34)30-41(36)40-18-14-7-5-4-6-13(14)8-9-15(18)38-10-16-19(32)25(2,35)23(39-16)31-11-27-17-20(31)28-24(26)29-21(17)37-3/h4-9,11-12,16,19,23,32,35H,10H2,1-3H3,(H,33,34)(H2,26,28,29)/t12?,16-,19-,23?,25-/m1/s1. The van der Waals surface area contributed by atoms with E-state index in [0.29, 0.717) is 5.39 Å². The van der Waals surface area contributed by atoms with Crippen LogP contribution in [-0.2, 0) is 9.53 Å². The number of benzene rings is 2. The molecule has 16 heteroatoms. The van der Waals surface area contributed by atoms with Crippen LogP contribution in [0.15, 0.2) is 47.5 Å². The number of rotatable bonds is 9. The molecule has 5 rings (SSSR count). The molecule has 0 saturated carbocycles. The summed E-state index contributed by atoms with van der Waals surface area (Å²) >= 11 is 0. The summed E-state index contributed by atoms with van der Waals surface area (Å²) in [6, 6.07) is 9.16. The number of nitrogen functional groups attached to an aromatic ring is 1. The highest BCUT2D eigenvalue weighted by Crippen LogP contribution is 2.43. The van der Waals surface area contributed by atoms with E-state index in [2.05, 4.69) is 19.7 Å². The van der Waals surface area contributed by atoms with Gasteiger partial charge in [-0.25, -0.2) is 9.78 Å². The lowest BCUT2D eigenvalue weighted by molar-refractivity contribution is -0.169. The maximum Gasteiger partial charge on any atom is 0.395 e. The van der Waals surface area contributed by atoms with Gasteiger partial charge in [-0.15, -0.1) is 0 Å². The highest BCUT2D eigenvalue weighted by Gasteiger charge is 2.54. The van der Waals surface area contributed by atoms with Crippen LogP contribution in [0.1, 0.15) is 20.1 Å². The molecule has 1 aliphatic heterocycles. The van der Waals surface area contributed by atoms with Gasteiger partial charge < -0.3 is 40.2 Å². The quantitative estimate of drug-likeness (QED) is 0.204. The molecule has 2 aromatic carbocycles. The molecule has 6 atom stereocenters. The smallest absolute Gasteiger partial charge is 0.395 e. The zero-order chi connectivity index (χ0) is 29.5. The van der Waals surface area contributed by atoms with Gasteiger partial charge in [0.05, 0.1) is 13.4 Å². The van der Waals surface area contributed by atoms with Gasteiger partial charge in [-0.05, 0) is 25.3 Å². The molecular formula is C25H27N6O9P. The Balaban J connectivity index is 1.42. The number of fused-ring (bicyclic) bond motifs is 2. The van der Waals surface area contributed by atoms with Crippen molar-refractivity contribution in [3.8, 4) is 17.4 Å². The van der Waals surface area contributed by atoms with E-state index in [9.17, 15) is 19.9 Å². The Morgan fingerprint density at radius 3 is 2.80 bits per heavy atom. The van der Waals surface area contributed by atoms with E-state index in [1.54, 1.807) is 24.3 Å². The number of hydrogen-bond donors (Lipinski definition) is 4. The second kappa shape index (κ2) is 11.0. The number of ether oxygens (including phenoxy) is 3. The number of carbonyl (C=O) groups is 1. The summed E-state index contributed by atoms with van der Waals surface area (Å²) < 4.78 is 27.9. The normalized spacial score (nSPS) is 23.6. The molecule has 3 unspecified atom stereocenters. The predicted octanol–water partition coefficient (Wildman–Crippen LogP) is 1.37. The van der Waals surface area contributed by atoms with Crippen molar-refractivity contribution in [2.75, 3.05) is 19.5 Å². The van der Waals surface area contributed by atoms with Crippen molar-refractivity contribution in [1.82, 2.24) is 19.5 Å². The predicted molar refractivity (Wildman–Crippen MR) is 143 cm³/mol. The van der Waals surface area contributed by atoms with Crippen LogP contribution in [0.2, 0.25) is 0 Å². The fraction of sp³-hybridized carbons (Fsp3) is 0.360. The Hall–Kier alpha value is -4.14. The first-order chi connectivity index (χ1) is 19.5. The van der Waals surface area contributed by atoms with Gasteiger partial charge in [-0.1, -0.05) is 35.1 Å². The second-order valence-corrected chi connectivity index (χ2v) is 10.4. The van der Waals surface area contributed by atoms with Gasteiger partial charge in [-0.3, -0.25) is 9.09 Å². The van der Waals surface area contributed by atoms with Gasteiger partial charge in [0.15, 0.2) is 29.2 Å². The number of aliphatic carboxylic acids is 1. The Kier molecular flexibility index (Phi) is 7.64. The summed E-state index contributed by atoms with van der Waals surface area (Å²) in [6.45, 7) is 2.42. The van der Waals surface area contributed by atoms with Crippen LogP contribution in [0.4, 0.5) is 5.95 Å². The zero-order valence-corrected chi connectivity index (χ0v) is 23.0. The maximum absolute atomic E-state index is 12.6. The molecule has 0 amide bonds. The van der Waals surface area contributed by atoms with E-state index in [1.165, 1.54) is 31.9 Å². The minimum Gasteiger partial charge on any atom is -0.575 e. The molecule has 0 bridgehead atoms. The number of imidazole rings is 1. The molecular weight excluding hydrogens is 559 g/mol. The van der Waals surface area contributed by atoms with Crippen LogP contribution in [0.5, 0.6) is 17.4 Å². The van der Waals surface area contributed by atoms with Crippen LogP contribution >= 0.6 is 8.17 Å². The molecule has 0 radical (unpaired) electrons. The average Bonchev–Trinajstić information content (AvgIpc) is 3.45. The number of anilines is 1. The number of methoxy groups -OCH3 is 1. The van der Waals surface area contributed by atoms with E-state index < -0.39 is 44.2 Å². The lowest BCUT2D eigenvalue weighted by Crippen LogP contribution is -2.44. The lowest BCUT2D eigenvalue weighted by Gasteiger charge is -2.27. The van der Waals surface area contributed by atoms with Gasteiger partial charge in [0.1, 0.15) is 24.4 Å². The average molecular weight is 586 g/mol. The van der Waals surface area contributed by atoms with Crippen molar-refractivity contribution in [2.45, 2.75) is 43.9 Å². The summed E-state index contributed by atoms with van der Waals surface area (Å²) in [4.78, 5) is 36.2. The van der Waals surface area contributed by atoms with Gasteiger partial charge in [0.2, 0.25) is 17.6 Å². The van der Waals surface area contributed by atoms with Crippen molar-refractivity contribution >= 4 is 42.0 Å². The number of carboxylic acids is 1. The number of carboxylic acid groups (broad SMARTS) is 1. The van der Waals surface area contributed by atoms with E-state index in [-0.39, 0.29) is 41.1 Å². The molecule has 5 N–H and O–H groups in total. The first-order valence-corrected chi connectivity index (χ1v) is 13.5. The van der Waals surface area contributed by atoms with Crippen molar-refractivity contribution in [3.05, 3.63) is 42.7 Å². The third-order valence-corrected chi connectivity index (χ3v) is 7.52. The summed E-state index contributed by atoms with van der Waals surface area (Å²) in [6.07, 6.45) is -2.24. The third kappa shape index (κ3) is 5.33. The molecule has 0 aliphatic carbocycles. The number of nitrogens with zero attached hydrogens (tertiary/aromatic N) is 5. The number of nitrogens with two attached hydrogens (primary N) is 1. The topological polar surface area (TPSA) is 220 Å². The lowest BCUT2D eigenvalue weighted by atomic mass is 9.96. The highest BCUT2D eigenvalue weighted by molar-refractivity contribution is 7.34. The van der Waals surface area contributed by atoms with Gasteiger partial charge in [0, 0.05) is 5.39 Å². The number of aliphatic hydroxyl groups is 2. The second-order valence-electron chi connectivity index (χ2n) is 9.50. The Bertz CT molecular complexity index is 1640. The van der Waals surface area contributed by atoms with Crippen LogP contribution in [-0.4, -0.2) is 78.4 Å². The van der Waals surface area contributed by atoms with E-state index in [4.69, 9.17) is 29.6 Å². The van der Waals surface area contributed by atoms with Crippen LogP contribution < -0.4 is 24.6 Å². The van der Waals surface area contributed by atoms with Crippen molar-refractivity contribution in [1.29, 1.82) is 0 Å². The number of hydrogen-bond acceptors (Lipinski definition) is 13. The molecule has 3 heterocycles. The fourth-order valence-electron chi connectivity index (χ4n) is 4.49. The summed E-state index contributed by atoms with van der Waals surface area (Å²) in [5.41, 5.74) is 4.50. The molecule has 1 aliphatic rings. The molecule has 15 nitrogen and oxygen atoms in total. The Morgan fingerprint density at radius 1 is 1.32 bits per heavy atom. The van der Waals surface area contributed by atoms with Crippen molar-refractivity contribution in [3.63, 3.8) is 0 Å². The summed E-state index contributed by atoms with van der Waals surface area (Å²) in [7, 11) is -1.36. The van der Waals surface area contributed by atoms with Crippen molar-refractivity contribution in [2.24, 2.45) is 4.74 Å². The van der Waals surface area contributed by atoms with Crippen LogP contribution in [0.3, 0.4) is 0 Å². The van der Waals surface area contributed by atoms with Gasteiger partial charge in [-0.2, -0.15) is 9.97 Å². The SMILES string of the molecule is COc1nc(N)nc2c1ncn2C1O[C@H](COc2ccc3ccccc3c2O[P+]([O-])=NC(C)C(=O)O)[C@@H](O)[C@@]1(C)O. The van der Waals surface area contributed by atoms with Gasteiger partial charge >= 0.3 is 14.1 Å². The van der Waals surface area contributed by atoms with E-state index in [0.717, 1.165) is 5.39 Å². The number of aromatic nitrogens is 4. The van der Waals surface area contributed by atoms with Crippen molar-refractivity contribution < 1.29 is 43.7 Å². The Morgan fingerprint density at radius 2 is 2.07 bits per heavy atom. The molecule has 216 valence electrons. The monoisotopic (exact) mass is 586 g/mol. The first-order valence-electron chi connectivity index (χ1n) is 12.3. The fourth-order valence-corrected chi connectivity index (χ4v) is 5.27. The van der Waals surface area contributed by atoms with Gasteiger partial charge in [0.25, 0.3) is 0 Å².